The Bertz CT molecular complexity index is 1510. The van der Waals surface area contributed by atoms with Gasteiger partial charge in [-0.3, -0.25) is 4.40 Å². The molecule has 6 rings (SSSR count). The molecule has 0 amide bonds. The molecular weight excluding hydrogens is 574 g/mol. The zero-order chi connectivity index (χ0) is 24.8. The van der Waals surface area contributed by atoms with Crippen molar-refractivity contribution in [1.29, 1.82) is 0 Å². The first kappa shape index (κ1) is 23.4. The van der Waals surface area contributed by atoms with Gasteiger partial charge in [-0.05, 0) is 54.5 Å². The number of ether oxygens (including phenoxy) is 1. The van der Waals surface area contributed by atoms with E-state index in [2.05, 4.69) is 41.6 Å². The summed E-state index contributed by atoms with van der Waals surface area (Å²) in [4.78, 5) is 9.72. The predicted molar refractivity (Wildman–Crippen MR) is 137 cm³/mol. The van der Waals surface area contributed by atoms with Crippen LogP contribution in [0.1, 0.15) is 35.6 Å². The van der Waals surface area contributed by atoms with Crippen LogP contribution in [0, 0.1) is 5.82 Å². The zero-order valence-electron chi connectivity index (χ0n) is 18.6. The number of oxime groups is 1. The van der Waals surface area contributed by atoms with E-state index in [0.29, 0.717) is 35.1 Å². The van der Waals surface area contributed by atoms with E-state index in [1.807, 2.05) is 18.2 Å². The number of hydrogen-bond acceptors (Lipinski definition) is 7. The van der Waals surface area contributed by atoms with Crippen molar-refractivity contribution in [2.45, 2.75) is 31.2 Å². The number of hydrogen-bond donors (Lipinski definition) is 1. The van der Waals surface area contributed by atoms with Crippen molar-refractivity contribution >= 4 is 50.7 Å². The van der Waals surface area contributed by atoms with Crippen molar-refractivity contribution in [2.24, 2.45) is 5.16 Å². The Kier molecular flexibility index (Phi) is 6.18. The summed E-state index contributed by atoms with van der Waals surface area (Å²) in [5, 5.41) is 16.7. The van der Waals surface area contributed by atoms with Gasteiger partial charge in [0.2, 0.25) is 0 Å². The second kappa shape index (κ2) is 9.49. The predicted octanol–water partition coefficient (Wildman–Crippen LogP) is 5.90. The molecule has 1 unspecified atom stereocenters. The minimum Gasteiger partial charge on any atom is -0.433 e. The van der Waals surface area contributed by atoms with E-state index in [1.54, 1.807) is 28.8 Å². The third-order valence-corrected chi connectivity index (χ3v) is 7.05. The Morgan fingerprint density at radius 2 is 2.06 bits per heavy atom. The molecular formula is C24H18BrCl2FN6O2. The molecule has 0 saturated heterocycles. The van der Waals surface area contributed by atoms with Gasteiger partial charge >= 0.3 is 0 Å². The molecule has 1 aliphatic heterocycles. The first-order valence-corrected chi connectivity index (χ1v) is 12.8. The highest BCUT2D eigenvalue weighted by atomic mass is 79.9. The van der Waals surface area contributed by atoms with Crippen molar-refractivity contribution in [3.8, 4) is 11.6 Å². The normalized spacial score (nSPS) is 17.4. The molecule has 0 bridgehead atoms. The SMILES string of the molecule is Fc1c(Oc2nnc3nc(Cl)cn3c2C2=NOCC(Cc3ccc(Br)cc3Cl)N2)cccc1C1CC1. The van der Waals surface area contributed by atoms with Crippen LogP contribution in [0.5, 0.6) is 11.6 Å². The summed E-state index contributed by atoms with van der Waals surface area (Å²) in [6.45, 7) is 0.316. The van der Waals surface area contributed by atoms with Crippen molar-refractivity contribution < 1.29 is 14.0 Å². The average Bonchev–Trinajstić information content (AvgIpc) is 3.63. The molecule has 12 heteroatoms. The molecule has 4 aromatic rings. The van der Waals surface area contributed by atoms with Gasteiger partial charge in [0.25, 0.3) is 11.7 Å². The Labute approximate surface area is 223 Å². The third-order valence-electron chi connectivity index (χ3n) is 6.03. The number of halogens is 4. The molecule has 1 saturated carbocycles. The second-order valence-corrected chi connectivity index (χ2v) is 10.3. The number of nitrogens with one attached hydrogen (secondary N) is 1. The lowest BCUT2D eigenvalue weighted by atomic mass is 10.1. The maximum absolute atomic E-state index is 15.2. The van der Waals surface area contributed by atoms with Crippen molar-refractivity contribution in [3.63, 3.8) is 0 Å². The number of nitrogens with zero attached hydrogens (tertiary/aromatic N) is 5. The van der Waals surface area contributed by atoms with E-state index in [9.17, 15) is 0 Å². The van der Waals surface area contributed by atoms with Crippen LogP contribution in [-0.2, 0) is 11.3 Å². The first-order chi connectivity index (χ1) is 17.5. The molecule has 2 aromatic heterocycles. The highest BCUT2D eigenvalue weighted by Gasteiger charge is 2.30. The fourth-order valence-corrected chi connectivity index (χ4v) is 5.07. The van der Waals surface area contributed by atoms with E-state index >= 15 is 4.39 Å². The van der Waals surface area contributed by atoms with Gasteiger partial charge in [0.15, 0.2) is 23.1 Å². The first-order valence-electron chi connectivity index (χ1n) is 11.2. The number of fused-ring (bicyclic) bond motifs is 1. The topological polar surface area (TPSA) is 85.9 Å². The lowest BCUT2D eigenvalue weighted by Gasteiger charge is -2.25. The van der Waals surface area contributed by atoms with Gasteiger partial charge in [-0.15, -0.1) is 10.2 Å². The van der Waals surface area contributed by atoms with Crippen LogP contribution in [0.2, 0.25) is 10.2 Å². The Balaban J connectivity index is 1.36. The number of imidazole rings is 1. The fourth-order valence-electron chi connectivity index (χ4n) is 4.15. The van der Waals surface area contributed by atoms with Crippen molar-refractivity contribution in [2.75, 3.05) is 6.61 Å². The van der Waals surface area contributed by atoms with E-state index in [-0.39, 0.29) is 34.5 Å². The Morgan fingerprint density at radius 3 is 2.86 bits per heavy atom. The summed E-state index contributed by atoms with van der Waals surface area (Å²) in [6.07, 6.45) is 4.06. The van der Waals surface area contributed by atoms with Gasteiger partial charge in [0.1, 0.15) is 11.8 Å². The number of aromatic nitrogens is 4. The molecule has 1 N–H and O–H groups in total. The summed E-state index contributed by atoms with van der Waals surface area (Å²) in [5.74, 6) is 0.447. The van der Waals surface area contributed by atoms with Crippen LogP contribution >= 0.6 is 39.1 Å². The van der Waals surface area contributed by atoms with Gasteiger partial charge in [0.05, 0.1) is 12.2 Å². The average molecular weight is 592 g/mol. The molecule has 8 nitrogen and oxygen atoms in total. The van der Waals surface area contributed by atoms with Gasteiger partial charge < -0.3 is 14.9 Å². The molecule has 2 aromatic carbocycles. The number of amidine groups is 1. The molecule has 1 atom stereocenters. The monoisotopic (exact) mass is 590 g/mol. The standard InChI is InChI=1S/C24H18BrCl2FN6O2/c25-14-7-6-13(17(26)9-14)8-15-11-35-33-22(29-15)21-23(31-32-24-30-19(27)10-34(21)24)36-18-3-1-2-16(20(18)28)12-4-5-12/h1-3,6-7,9-10,12,15H,4-5,8,11H2,(H,29,33). The Hall–Kier alpha value is -2.95. The lowest BCUT2D eigenvalue weighted by Crippen LogP contribution is -2.44. The van der Waals surface area contributed by atoms with Crippen LogP contribution in [0.4, 0.5) is 4.39 Å². The maximum Gasteiger partial charge on any atom is 0.267 e. The van der Waals surface area contributed by atoms with Crippen LogP contribution < -0.4 is 10.1 Å². The van der Waals surface area contributed by atoms with E-state index < -0.39 is 5.82 Å². The Morgan fingerprint density at radius 1 is 1.19 bits per heavy atom. The quantitative estimate of drug-likeness (QED) is 0.301. The molecule has 1 aliphatic carbocycles. The smallest absolute Gasteiger partial charge is 0.267 e. The number of rotatable bonds is 6. The van der Waals surface area contributed by atoms with Crippen LogP contribution in [0.25, 0.3) is 5.78 Å². The van der Waals surface area contributed by atoms with Gasteiger partial charge in [0, 0.05) is 9.50 Å². The molecule has 3 heterocycles. The summed E-state index contributed by atoms with van der Waals surface area (Å²) in [6, 6.07) is 10.7. The molecule has 1 fully saturated rings. The number of benzene rings is 2. The summed E-state index contributed by atoms with van der Waals surface area (Å²) < 4.78 is 23.7. The van der Waals surface area contributed by atoms with Crippen molar-refractivity contribution in [1.82, 2.24) is 24.9 Å². The van der Waals surface area contributed by atoms with Gasteiger partial charge in [-0.1, -0.05) is 62.5 Å². The highest BCUT2D eigenvalue weighted by molar-refractivity contribution is 9.10. The molecule has 36 heavy (non-hydrogen) atoms. The molecule has 0 radical (unpaired) electrons. The molecule has 184 valence electrons. The summed E-state index contributed by atoms with van der Waals surface area (Å²) in [5.41, 5.74) is 1.93. The van der Waals surface area contributed by atoms with E-state index in [4.69, 9.17) is 32.8 Å². The summed E-state index contributed by atoms with van der Waals surface area (Å²) >= 11 is 16.0. The molecule has 2 aliphatic rings. The van der Waals surface area contributed by atoms with E-state index in [0.717, 1.165) is 22.9 Å². The minimum absolute atomic E-state index is 0.0283. The zero-order valence-corrected chi connectivity index (χ0v) is 21.7. The summed E-state index contributed by atoms with van der Waals surface area (Å²) in [7, 11) is 0. The van der Waals surface area contributed by atoms with Crippen molar-refractivity contribution in [3.05, 3.63) is 79.9 Å². The fraction of sp³-hybridized carbons (Fsp3) is 0.250. The molecule has 0 spiro atoms. The third kappa shape index (κ3) is 4.60. The van der Waals surface area contributed by atoms with Crippen LogP contribution in [-0.4, -0.2) is 38.1 Å². The minimum atomic E-state index is -0.408. The largest absolute Gasteiger partial charge is 0.433 e. The highest BCUT2D eigenvalue weighted by Crippen LogP contribution is 2.43. The van der Waals surface area contributed by atoms with Gasteiger partial charge in [-0.25, -0.2) is 4.39 Å². The lowest BCUT2D eigenvalue weighted by molar-refractivity contribution is 0.109. The van der Waals surface area contributed by atoms with E-state index in [1.165, 1.54) is 0 Å². The van der Waals surface area contributed by atoms with Crippen LogP contribution in [0.3, 0.4) is 0 Å². The van der Waals surface area contributed by atoms with Crippen LogP contribution in [0.15, 0.2) is 52.2 Å². The maximum atomic E-state index is 15.2. The van der Waals surface area contributed by atoms with Gasteiger partial charge in [-0.2, -0.15) is 4.98 Å². The second-order valence-electron chi connectivity index (χ2n) is 8.64.